The molecule has 1 aliphatic heterocycles. The van der Waals surface area contributed by atoms with Crippen LogP contribution in [-0.2, 0) is 11.2 Å². The summed E-state index contributed by atoms with van der Waals surface area (Å²) in [6.07, 6.45) is 1.09. The first-order valence-electron chi connectivity index (χ1n) is 8.47. The molecule has 6 heteroatoms. The molecule has 0 atom stereocenters. The quantitative estimate of drug-likeness (QED) is 0.753. The Morgan fingerprint density at radius 2 is 1.88 bits per heavy atom. The van der Waals surface area contributed by atoms with Crippen molar-refractivity contribution in [2.45, 2.75) is 12.8 Å². The molecule has 5 nitrogen and oxygen atoms in total. The minimum Gasteiger partial charge on any atom is -0.490 e. The molecule has 0 saturated heterocycles. The lowest BCUT2D eigenvalue weighted by Gasteiger charge is -2.10. The first-order valence-corrected chi connectivity index (χ1v) is 9.35. The number of nitrogens with zero attached hydrogens (tertiary/aromatic N) is 1. The van der Waals surface area contributed by atoms with E-state index in [4.69, 9.17) is 9.47 Å². The summed E-state index contributed by atoms with van der Waals surface area (Å²) in [7, 11) is 0. The minimum atomic E-state index is -0.107. The number of carbonyl (C=O) groups excluding carboxylic acids is 1. The molecular formula is C20H18N2O3S. The number of anilines is 1. The average Bonchev–Trinajstić information content (AvgIpc) is 2.99. The summed E-state index contributed by atoms with van der Waals surface area (Å²) in [5.41, 5.74) is 2.52. The van der Waals surface area contributed by atoms with Gasteiger partial charge < -0.3 is 14.8 Å². The molecule has 0 aliphatic carbocycles. The topological polar surface area (TPSA) is 60.5 Å². The summed E-state index contributed by atoms with van der Waals surface area (Å²) < 4.78 is 11.3. The lowest BCUT2D eigenvalue weighted by molar-refractivity contribution is -0.115. The Bertz CT molecular complexity index is 908. The largest absolute Gasteiger partial charge is 0.490 e. The number of amides is 1. The third-order valence-corrected chi connectivity index (χ3v) is 4.89. The van der Waals surface area contributed by atoms with Crippen molar-refractivity contribution in [3.8, 4) is 22.1 Å². The Kier molecular flexibility index (Phi) is 4.84. The number of thiazole rings is 1. The van der Waals surface area contributed by atoms with E-state index in [9.17, 15) is 4.79 Å². The standard InChI is InChI=1S/C20H18N2O3S/c23-19(12-16-13-26-20(22-16)14-5-2-1-3-6-14)21-15-7-8-17-18(11-15)25-10-4-9-24-17/h1-3,5-8,11,13H,4,9-10,12H2,(H,21,23). The molecule has 1 amide bonds. The van der Waals surface area contributed by atoms with Crippen molar-refractivity contribution in [2.75, 3.05) is 18.5 Å². The Morgan fingerprint density at radius 1 is 1.08 bits per heavy atom. The summed E-state index contributed by atoms with van der Waals surface area (Å²) in [5.74, 6) is 1.28. The zero-order valence-corrected chi connectivity index (χ0v) is 14.9. The van der Waals surface area contributed by atoms with Crippen LogP contribution >= 0.6 is 11.3 Å². The number of nitrogens with one attached hydrogen (secondary N) is 1. The van der Waals surface area contributed by atoms with Gasteiger partial charge in [0.15, 0.2) is 11.5 Å². The number of ether oxygens (including phenoxy) is 2. The van der Waals surface area contributed by atoms with Gasteiger partial charge in [-0.05, 0) is 12.1 Å². The highest BCUT2D eigenvalue weighted by Gasteiger charge is 2.13. The second kappa shape index (κ2) is 7.58. The maximum Gasteiger partial charge on any atom is 0.230 e. The number of hydrogen-bond acceptors (Lipinski definition) is 5. The molecule has 0 unspecified atom stereocenters. The smallest absolute Gasteiger partial charge is 0.230 e. The van der Waals surface area contributed by atoms with Gasteiger partial charge in [0.25, 0.3) is 0 Å². The van der Waals surface area contributed by atoms with Crippen molar-refractivity contribution in [1.82, 2.24) is 4.98 Å². The molecule has 0 radical (unpaired) electrons. The highest BCUT2D eigenvalue weighted by atomic mass is 32.1. The summed E-state index contributed by atoms with van der Waals surface area (Å²) in [6.45, 7) is 1.26. The number of fused-ring (bicyclic) bond motifs is 1. The van der Waals surface area contributed by atoms with Gasteiger partial charge in [-0.15, -0.1) is 11.3 Å². The van der Waals surface area contributed by atoms with E-state index in [0.29, 0.717) is 30.4 Å². The fourth-order valence-corrected chi connectivity index (χ4v) is 3.54. The number of carbonyl (C=O) groups is 1. The van der Waals surface area contributed by atoms with Crippen molar-refractivity contribution in [3.05, 3.63) is 59.6 Å². The van der Waals surface area contributed by atoms with E-state index >= 15 is 0 Å². The molecule has 2 heterocycles. The lowest BCUT2D eigenvalue weighted by Crippen LogP contribution is -2.14. The first kappa shape index (κ1) is 16.6. The van der Waals surface area contributed by atoms with Gasteiger partial charge in [0, 0.05) is 29.1 Å². The van der Waals surface area contributed by atoms with Gasteiger partial charge in [-0.2, -0.15) is 0 Å². The molecule has 4 rings (SSSR count). The third kappa shape index (κ3) is 3.86. The molecular weight excluding hydrogens is 348 g/mol. The molecule has 0 spiro atoms. The maximum absolute atomic E-state index is 12.3. The van der Waals surface area contributed by atoms with Gasteiger partial charge >= 0.3 is 0 Å². The highest BCUT2D eigenvalue weighted by molar-refractivity contribution is 7.13. The van der Waals surface area contributed by atoms with E-state index in [1.807, 2.05) is 47.8 Å². The zero-order chi connectivity index (χ0) is 17.8. The SMILES string of the molecule is O=C(Cc1csc(-c2ccccc2)n1)Nc1ccc2c(c1)OCCCO2. The normalized spacial score (nSPS) is 13.1. The molecule has 1 aliphatic rings. The Hall–Kier alpha value is -2.86. The molecule has 1 N–H and O–H groups in total. The monoisotopic (exact) mass is 366 g/mol. The van der Waals surface area contributed by atoms with Crippen LogP contribution in [0.5, 0.6) is 11.5 Å². The van der Waals surface area contributed by atoms with Crippen molar-refractivity contribution >= 4 is 22.9 Å². The van der Waals surface area contributed by atoms with Crippen molar-refractivity contribution in [2.24, 2.45) is 0 Å². The molecule has 3 aromatic rings. The molecule has 132 valence electrons. The highest BCUT2D eigenvalue weighted by Crippen LogP contribution is 2.32. The van der Waals surface area contributed by atoms with Gasteiger partial charge in [-0.1, -0.05) is 30.3 Å². The second-order valence-electron chi connectivity index (χ2n) is 5.95. The molecule has 0 fully saturated rings. The molecule has 2 aromatic carbocycles. The van der Waals surface area contributed by atoms with Crippen molar-refractivity contribution in [3.63, 3.8) is 0 Å². The van der Waals surface area contributed by atoms with Crippen LogP contribution in [0.15, 0.2) is 53.9 Å². The van der Waals surface area contributed by atoms with E-state index < -0.39 is 0 Å². The van der Waals surface area contributed by atoms with Crippen LogP contribution in [0.4, 0.5) is 5.69 Å². The van der Waals surface area contributed by atoms with E-state index in [0.717, 1.165) is 22.7 Å². The summed E-state index contributed by atoms with van der Waals surface area (Å²) in [6, 6.07) is 15.4. The Morgan fingerprint density at radius 3 is 2.73 bits per heavy atom. The summed E-state index contributed by atoms with van der Waals surface area (Å²) in [4.78, 5) is 16.9. The number of aromatic nitrogens is 1. The average molecular weight is 366 g/mol. The maximum atomic E-state index is 12.3. The Balaban J connectivity index is 1.41. The van der Waals surface area contributed by atoms with Crippen LogP contribution in [0, 0.1) is 0 Å². The van der Waals surface area contributed by atoms with Crippen LogP contribution in [0.2, 0.25) is 0 Å². The summed E-state index contributed by atoms with van der Waals surface area (Å²) >= 11 is 1.54. The van der Waals surface area contributed by atoms with Crippen LogP contribution in [0.1, 0.15) is 12.1 Å². The number of hydrogen-bond donors (Lipinski definition) is 1. The predicted octanol–water partition coefficient (Wildman–Crippen LogP) is 4.15. The zero-order valence-electron chi connectivity index (χ0n) is 14.1. The predicted molar refractivity (Wildman–Crippen MR) is 102 cm³/mol. The van der Waals surface area contributed by atoms with Crippen molar-refractivity contribution < 1.29 is 14.3 Å². The molecule has 26 heavy (non-hydrogen) atoms. The molecule has 0 bridgehead atoms. The van der Waals surface area contributed by atoms with Crippen LogP contribution < -0.4 is 14.8 Å². The Labute approximate surface area is 155 Å². The number of rotatable bonds is 4. The lowest BCUT2D eigenvalue weighted by atomic mass is 10.2. The van der Waals surface area contributed by atoms with Gasteiger partial charge in [-0.25, -0.2) is 4.98 Å². The van der Waals surface area contributed by atoms with E-state index in [1.165, 1.54) is 0 Å². The van der Waals surface area contributed by atoms with Crippen LogP contribution in [0.25, 0.3) is 10.6 Å². The minimum absolute atomic E-state index is 0.107. The molecule has 1 aromatic heterocycles. The van der Waals surface area contributed by atoms with E-state index in [1.54, 1.807) is 17.4 Å². The van der Waals surface area contributed by atoms with Crippen molar-refractivity contribution in [1.29, 1.82) is 0 Å². The van der Waals surface area contributed by atoms with Crippen LogP contribution in [0.3, 0.4) is 0 Å². The van der Waals surface area contributed by atoms with Gasteiger partial charge in [0.05, 0.1) is 25.3 Å². The van der Waals surface area contributed by atoms with Gasteiger partial charge in [0.1, 0.15) is 5.01 Å². The first-order chi connectivity index (χ1) is 12.8. The van der Waals surface area contributed by atoms with Gasteiger partial charge in [-0.3, -0.25) is 4.79 Å². The van der Waals surface area contributed by atoms with E-state index in [-0.39, 0.29) is 12.3 Å². The third-order valence-electron chi connectivity index (χ3n) is 3.95. The fraction of sp³-hybridized carbons (Fsp3) is 0.200. The van der Waals surface area contributed by atoms with Crippen LogP contribution in [-0.4, -0.2) is 24.1 Å². The second-order valence-corrected chi connectivity index (χ2v) is 6.81. The molecule has 0 saturated carbocycles. The number of benzene rings is 2. The summed E-state index contributed by atoms with van der Waals surface area (Å²) in [5, 5.41) is 5.75. The van der Waals surface area contributed by atoms with E-state index in [2.05, 4.69) is 10.3 Å². The fourth-order valence-electron chi connectivity index (χ4n) is 2.71. The van der Waals surface area contributed by atoms with Gasteiger partial charge in [0.2, 0.25) is 5.91 Å².